The van der Waals surface area contributed by atoms with Gasteiger partial charge in [0.15, 0.2) is 0 Å². The zero-order valence-electron chi connectivity index (χ0n) is 11.3. The maximum Gasteiger partial charge on any atom is 0.241 e. The second-order valence-electron chi connectivity index (χ2n) is 4.72. The van der Waals surface area contributed by atoms with E-state index < -0.39 is 6.04 Å². The van der Waals surface area contributed by atoms with Crippen molar-refractivity contribution in [1.82, 2.24) is 0 Å². The number of nitrogens with one attached hydrogen (secondary N) is 1. The molecule has 20 heavy (non-hydrogen) atoms. The summed E-state index contributed by atoms with van der Waals surface area (Å²) >= 11 is 3.47. The normalized spacial score (nSPS) is 11.9. The number of carbonyl (C=O) groups excluding carboxylic acids is 1. The van der Waals surface area contributed by atoms with Gasteiger partial charge in [-0.25, -0.2) is 0 Å². The maximum absolute atomic E-state index is 12.1. The van der Waals surface area contributed by atoms with Gasteiger partial charge in [0.25, 0.3) is 0 Å². The maximum atomic E-state index is 12.1. The van der Waals surface area contributed by atoms with E-state index in [1.54, 1.807) is 0 Å². The third-order valence-corrected chi connectivity index (χ3v) is 4.14. The van der Waals surface area contributed by atoms with Crippen molar-refractivity contribution >= 4 is 27.5 Å². The molecule has 104 valence electrons. The van der Waals surface area contributed by atoms with Crippen LogP contribution in [0, 0.1) is 6.92 Å². The summed E-state index contributed by atoms with van der Waals surface area (Å²) < 4.78 is 0.889. The number of benzene rings is 2. The van der Waals surface area contributed by atoms with Crippen molar-refractivity contribution in [3.63, 3.8) is 0 Å². The van der Waals surface area contributed by atoms with E-state index in [9.17, 15) is 4.79 Å². The second kappa shape index (κ2) is 6.68. The Morgan fingerprint density at radius 2 is 1.90 bits per heavy atom. The monoisotopic (exact) mass is 332 g/mol. The van der Waals surface area contributed by atoms with Gasteiger partial charge < -0.3 is 11.1 Å². The Kier molecular flexibility index (Phi) is 4.93. The summed E-state index contributed by atoms with van der Waals surface area (Å²) in [5, 5.41) is 2.86. The first-order chi connectivity index (χ1) is 9.58. The number of carbonyl (C=O) groups is 1. The SMILES string of the molecule is Cc1cccc(NC(=O)C(N)Cc2ccccc2)c1Br. The van der Waals surface area contributed by atoms with E-state index in [1.165, 1.54) is 0 Å². The van der Waals surface area contributed by atoms with Crippen LogP contribution in [0.15, 0.2) is 53.0 Å². The van der Waals surface area contributed by atoms with Crippen LogP contribution in [0.25, 0.3) is 0 Å². The lowest BCUT2D eigenvalue weighted by molar-refractivity contribution is -0.117. The van der Waals surface area contributed by atoms with Crippen LogP contribution in [0.1, 0.15) is 11.1 Å². The smallest absolute Gasteiger partial charge is 0.241 e. The summed E-state index contributed by atoms with van der Waals surface area (Å²) in [6.07, 6.45) is 0.524. The number of halogens is 1. The first-order valence-corrected chi connectivity index (χ1v) is 7.22. The van der Waals surface area contributed by atoms with Gasteiger partial charge in [0, 0.05) is 4.47 Å². The van der Waals surface area contributed by atoms with Crippen molar-refractivity contribution in [2.45, 2.75) is 19.4 Å². The zero-order valence-corrected chi connectivity index (χ0v) is 12.9. The van der Waals surface area contributed by atoms with Crippen molar-refractivity contribution < 1.29 is 4.79 Å². The topological polar surface area (TPSA) is 55.1 Å². The van der Waals surface area contributed by atoms with E-state index >= 15 is 0 Å². The number of nitrogens with two attached hydrogens (primary N) is 1. The molecule has 3 nitrogen and oxygen atoms in total. The van der Waals surface area contributed by atoms with Crippen molar-refractivity contribution in [2.75, 3.05) is 5.32 Å². The van der Waals surface area contributed by atoms with E-state index in [2.05, 4.69) is 21.2 Å². The van der Waals surface area contributed by atoms with Gasteiger partial charge in [-0.05, 0) is 46.5 Å². The van der Waals surface area contributed by atoms with Gasteiger partial charge in [-0.2, -0.15) is 0 Å². The van der Waals surface area contributed by atoms with E-state index in [0.717, 1.165) is 21.3 Å². The van der Waals surface area contributed by atoms with Crippen LogP contribution in [0.3, 0.4) is 0 Å². The highest BCUT2D eigenvalue weighted by Gasteiger charge is 2.15. The van der Waals surface area contributed by atoms with Crippen LogP contribution in [0.2, 0.25) is 0 Å². The largest absolute Gasteiger partial charge is 0.324 e. The molecule has 4 heteroatoms. The zero-order chi connectivity index (χ0) is 14.5. The van der Waals surface area contributed by atoms with Gasteiger partial charge in [0.05, 0.1) is 11.7 Å². The molecular formula is C16H17BrN2O. The van der Waals surface area contributed by atoms with Crippen molar-refractivity contribution in [3.8, 4) is 0 Å². The minimum atomic E-state index is -0.565. The number of aryl methyl sites for hydroxylation is 1. The van der Waals surface area contributed by atoms with E-state index in [-0.39, 0.29) is 5.91 Å². The lowest BCUT2D eigenvalue weighted by Crippen LogP contribution is -2.37. The molecular weight excluding hydrogens is 316 g/mol. The molecule has 3 N–H and O–H groups in total. The van der Waals surface area contributed by atoms with Crippen LogP contribution in [-0.4, -0.2) is 11.9 Å². The molecule has 0 aliphatic heterocycles. The van der Waals surface area contributed by atoms with Crippen LogP contribution < -0.4 is 11.1 Å². The Hall–Kier alpha value is -1.65. The fourth-order valence-corrected chi connectivity index (χ4v) is 2.29. The molecule has 0 saturated carbocycles. The summed E-state index contributed by atoms with van der Waals surface area (Å²) in [5.41, 5.74) is 8.83. The van der Waals surface area contributed by atoms with Gasteiger partial charge in [-0.3, -0.25) is 4.79 Å². The van der Waals surface area contributed by atoms with Gasteiger partial charge >= 0.3 is 0 Å². The number of anilines is 1. The summed E-state index contributed by atoms with van der Waals surface area (Å²) in [5.74, 6) is -0.180. The number of hydrogen-bond donors (Lipinski definition) is 2. The van der Waals surface area contributed by atoms with Crippen LogP contribution in [0.5, 0.6) is 0 Å². The van der Waals surface area contributed by atoms with Gasteiger partial charge in [-0.15, -0.1) is 0 Å². The Morgan fingerprint density at radius 1 is 1.20 bits per heavy atom. The predicted molar refractivity (Wildman–Crippen MR) is 85.6 cm³/mol. The van der Waals surface area contributed by atoms with E-state index in [1.807, 2.05) is 55.5 Å². The highest BCUT2D eigenvalue weighted by atomic mass is 79.9. The first kappa shape index (κ1) is 14.8. The summed E-state index contributed by atoms with van der Waals surface area (Å²) in [6, 6.07) is 14.9. The molecule has 0 aromatic heterocycles. The van der Waals surface area contributed by atoms with Gasteiger partial charge in [0.1, 0.15) is 0 Å². The van der Waals surface area contributed by atoms with E-state index in [4.69, 9.17) is 5.73 Å². The fraction of sp³-hybridized carbons (Fsp3) is 0.188. The molecule has 1 unspecified atom stereocenters. The number of hydrogen-bond acceptors (Lipinski definition) is 2. The van der Waals surface area contributed by atoms with E-state index in [0.29, 0.717) is 6.42 Å². The summed E-state index contributed by atoms with van der Waals surface area (Å²) in [6.45, 7) is 1.98. The molecule has 0 fully saturated rings. The van der Waals surface area contributed by atoms with Crippen LogP contribution in [-0.2, 0) is 11.2 Å². The third kappa shape index (κ3) is 3.68. The minimum Gasteiger partial charge on any atom is -0.324 e. The summed E-state index contributed by atoms with van der Waals surface area (Å²) in [7, 11) is 0. The van der Waals surface area contributed by atoms with Gasteiger partial charge in [-0.1, -0.05) is 42.5 Å². The van der Waals surface area contributed by atoms with Crippen molar-refractivity contribution in [2.24, 2.45) is 5.73 Å². The molecule has 2 aromatic rings. The molecule has 1 amide bonds. The third-order valence-electron chi connectivity index (χ3n) is 3.08. The Bertz CT molecular complexity index is 599. The van der Waals surface area contributed by atoms with Gasteiger partial charge in [0.2, 0.25) is 5.91 Å². The number of rotatable bonds is 4. The number of amides is 1. The Labute approximate surface area is 127 Å². The Balaban J connectivity index is 2.03. The lowest BCUT2D eigenvalue weighted by atomic mass is 10.1. The molecule has 1 atom stereocenters. The van der Waals surface area contributed by atoms with Crippen LogP contribution >= 0.6 is 15.9 Å². The molecule has 0 heterocycles. The molecule has 2 aromatic carbocycles. The molecule has 2 rings (SSSR count). The first-order valence-electron chi connectivity index (χ1n) is 6.43. The standard InChI is InChI=1S/C16H17BrN2O/c1-11-6-5-9-14(15(11)17)19-16(20)13(18)10-12-7-3-2-4-8-12/h2-9,13H,10,18H2,1H3,(H,19,20). The quantitative estimate of drug-likeness (QED) is 0.902. The average Bonchev–Trinajstić information content (AvgIpc) is 2.45. The van der Waals surface area contributed by atoms with Crippen LogP contribution in [0.4, 0.5) is 5.69 Å². The highest BCUT2D eigenvalue weighted by molar-refractivity contribution is 9.10. The molecule has 0 aliphatic rings. The average molecular weight is 333 g/mol. The van der Waals surface area contributed by atoms with Crippen molar-refractivity contribution in [3.05, 3.63) is 64.1 Å². The summed E-state index contributed by atoms with van der Waals surface area (Å²) in [4.78, 5) is 12.1. The predicted octanol–water partition coefficient (Wildman–Crippen LogP) is 3.27. The highest BCUT2D eigenvalue weighted by Crippen LogP contribution is 2.25. The molecule has 0 bridgehead atoms. The minimum absolute atomic E-state index is 0.180. The van der Waals surface area contributed by atoms with Crippen molar-refractivity contribution in [1.29, 1.82) is 0 Å². The molecule has 0 radical (unpaired) electrons. The molecule has 0 spiro atoms. The molecule has 0 saturated heterocycles. The lowest BCUT2D eigenvalue weighted by Gasteiger charge is -2.14. The molecule has 0 aliphatic carbocycles. The fourth-order valence-electron chi connectivity index (χ4n) is 1.93. The Morgan fingerprint density at radius 3 is 2.60 bits per heavy atom. The second-order valence-corrected chi connectivity index (χ2v) is 5.51.